The first-order chi connectivity index (χ1) is 10.1. The summed E-state index contributed by atoms with van der Waals surface area (Å²) in [4.78, 5) is 0. The Morgan fingerprint density at radius 1 is 1.24 bits per heavy atom. The van der Waals surface area contributed by atoms with Gasteiger partial charge in [-0.25, -0.2) is 0 Å². The molecule has 1 N–H and O–H groups in total. The molecule has 1 aromatic carbocycles. The molecule has 0 saturated heterocycles. The third-order valence-corrected chi connectivity index (χ3v) is 4.33. The summed E-state index contributed by atoms with van der Waals surface area (Å²) in [5.74, 6) is 1.65. The van der Waals surface area contributed by atoms with E-state index in [1.54, 1.807) is 7.11 Å². The summed E-state index contributed by atoms with van der Waals surface area (Å²) in [6, 6.07) is 4.57. The maximum atomic E-state index is 5.85. The van der Waals surface area contributed by atoms with Crippen LogP contribution < -0.4 is 10.1 Å². The predicted octanol–water partition coefficient (Wildman–Crippen LogP) is 3.78. The van der Waals surface area contributed by atoms with Crippen molar-refractivity contribution in [3.8, 4) is 5.75 Å². The average molecular weight is 291 g/mol. The average Bonchev–Trinajstić information content (AvgIpc) is 3.28. The summed E-state index contributed by atoms with van der Waals surface area (Å²) in [6.07, 6.45) is 3.89. The van der Waals surface area contributed by atoms with Crippen molar-refractivity contribution in [2.45, 2.75) is 52.2 Å². The van der Waals surface area contributed by atoms with Gasteiger partial charge >= 0.3 is 0 Å². The third-order valence-electron chi connectivity index (χ3n) is 4.33. The number of benzene rings is 1. The van der Waals surface area contributed by atoms with Gasteiger partial charge in [0.05, 0.1) is 19.3 Å². The molecule has 1 aliphatic carbocycles. The van der Waals surface area contributed by atoms with Crippen LogP contribution in [0.5, 0.6) is 5.75 Å². The molecule has 1 fully saturated rings. The molecule has 0 bridgehead atoms. The lowest BCUT2D eigenvalue weighted by Crippen LogP contribution is -2.36. The Morgan fingerprint density at radius 2 is 1.95 bits per heavy atom. The maximum absolute atomic E-state index is 5.85. The molecule has 2 unspecified atom stereocenters. The highest BCUT2D eigenvalue weighted by Crippen LogP contribution is 2.42. The molecule has 0 spiro atoms. The van der Waals surface area contributed by atoms with E-state index in [9.17, 15) is 0 Å². The SMILES string of the molecule is CCCNC(c1c(C)cc(C)cc1OC)C(OC)C1CC1. The van der Waals surface area contributed by atoms with E-state index in [4.69, 9.17) is 9.47 Å². The second kappa shape index (κ2) is 7.28. The minimum Gasteiger partial charge on any atom is -0.496 e. The summed E-state index contributed by atoms with van der Waals surface area (Å²) in [6.45, 7) is 7.48. The van der Waals surface area contributed by atoms with E-state index in [0.29, 0.717) is 5.92 Å². The van der Waals surface area contributed by atoms with Gasteiger partial charge in [0.25, 0.3) is 0 Å². The van der Waals surface area contributed by atoms with Crippen molar-refractivity contribution in [1.82, 2.24) is 5.32 Å². The fourth-order valence-electron chi connectivity index (χ4n) is 3.21. The number of aryl methyl sites for hydroxylation is 2. The van der Waals surface area contributed by atoms with Gasteiger partial charge in [0.1, 0.15) is 5.75 Å². The Balaban J connectivity index is 2.39. The van der Waals surface area contributed by atoms with Crippen molar-refractivity contribution in [3.63, 3.8) is 0 Å². The molecule has 0 heterocycles. The molecule has 2 atom stereocenters. The Labute approximate surface area is 129 Å². The molecule has 1 aliphatic rings. The standard InChI is InChI=1S/C18H29NO2/c1-6-9-19-17(18(21-5)14-7-8-14)16-13(3)10-12(2)11-15(16)20-4/h10-11,14,17-19H,6-9H2,1-5H3. The van der Waals surface area contributed by atoms with Crippen LogP contribution in [0.4, 0.5) is 0 Å². The number of ether oxygens (including phenoxy) is 2. The topological polar surface area (TPSA) is 30.5 Å². The Kier molecular flexibility index (Phi) is 5.65. The van der Waals surface area contributed by atoms with Gasteiger partial charge in [-0.1, -0.05) is 13.0 Å². The van der Waals surface area contributed by atoms with E-state index >= 15 is 0 Å². The number of hydrogen-bond acceptors (Lipinski definition) is 3. The van der Waals surface area contributed by atoms with Crippen LogP contribution in [-0.2, 0) is 4.74 Å². The molecule has 0 radical (unpaired) electrons. The summed E-state index contributed by atoms with van der Waals surface area (Å²) < 4.78 is 11.5. The molecule has 118 valence electrons. The van der Waals surface area contributed by atoms with Gasteiger partial charge in [-0.2, -0.15) is 0 Å². The van der Waals surface area contributed by atoms with E-state index in [2.05, 4.69) is 38.2 Å². The number of nitrogens with one attached hydrogen (secondary N) is 1. The lowest BCUT2D eigenvalue weighted by atomic mass is 9.92. The zero-order valence-electron chi connectivity index (χ0n) is 14.0. The minimum absolute atomic E-state index is 0.206. The van der Waals surface area contributed by atoms with Crippen molar-refractivity contribution in [2.24, 2.45) is 5.92 Å². The Morgan fingerprint density at radius 3 is 2.48 bits per heavy atom. The van der Waals surface area contributed by atoms with Gasteiger partial charge in [0, 0.05) is 12.7 Å². The molecule has 2 rings (SSSR count). The van der Waals surface area contributed by atoms with Crippen molar-refractivity contribution in [3.05, 3.63) is 28.8 Å². The molecule has 1 saturated carbocycles. The van der Waals surface area contributed by atoms with Crippen LogP contribution in [0.25, 0.3) is 0 Å². The van der Waals surface area contributed by atoms with Gasteiger partial charge in [-0.05, 0) is 62.8 Å². The Hall–Kier alpha value is -1.06. The van der Waals surface area contributed by atoms with Crippen molar-refractivity contribution >= 4 is 0 Å². The first kappa shape index (κ1) is 16.3. The third kappa shape index (κ3) is 3.78. The summed E-state index contributed by atoms with van der Waals surface area (Å²) in [5, 5.41) is 3.69. The lowest BCUT2D eigenvalue weighted by Gasteiger charge is -2.30. The second-order valence-electron chi connectivity index (χ2n) is 6.17. The fourth-order valence-corrected chi connectivity index (χ4v) is 3.21. The van der Waals surface area contributed by atoms with E-state index in [1.807, 2.05) is 7.11 Å². The summed E-state index contributed by atoms with van der Waals surface area (Å²) in [7, 11) is 3.59. The van der Waals surface area contributed by atoms with Crippen LogP contribution in [0.15, 0.2) is 12.1 Å². The first-order valence-electron chi connectivity index (χ1n) is 8.03. The molecule has 1 aromatic rings. The largest absolute Gasteiger partial charge is 0.496 e. The van der Waals surface area contributed by atoms with Crippen LogP contribution in [0.3, 0.4) is 0 Å². The van der Waals surface area contributed by atoms with Gasteiger partial charge in [-0.15, -0.1) is 0 Å². The van der Waals surface area contributed by atoms with Gasteiger partial charge in [-0.3, -0.25) is 0 Å². The highest BCUT2D eigenvalue weighted by atomic mass is 16.5. The van der Waals surface area contributed by atoms with Crippen LogP contribution in [0.2, 0.25) is 0 Å². The lowest BCUT2D eigenvalue weighted by molar-refractivity contribution is 0.0497. The molecule has 21 heavy (non-hydrogen) atoms. The van der Waals surface area contributed by atoms with Crippen molar-refractivity contribution in [2.75, 3.05) is 20.8 Å². The summed E-state index contributed by atoms with van der Waals surface area (Å²) in [5.41, 5.74) is 3.78. The zero-order valence-corrected chi connectivity index (χ0v) is 14.0. The van der Waals surface area contributed by atoms with Crippen molar-refractivity contribution < 1.29 is 9.47 Å². The quantitative estimate of drug-likeness (QED) is 0.790. The van der Waals surface area contributed by atoms with Gasteiger partial charge < -0.3 is 14.8 Å². The zero-order chi connectivity index (χ0) is 15.4. The number of rotatable bonds is 8. The molecule has 0 aromatic heterocycles. The normalized spacial score (nSPS) is 17.6. The monoisotopic (exact) mass is 291 g/mol. The van der Waals surface area contributed by atoms with Crippen LogP contribution in [0.1, 0.15) is 48.9 Å². The van der Waals surface area contributed by atoms with Crippen LogP contribution in [-0.4, -0.2) is 26.9 Å². The van der Waals surface area contributed by atoms with Gasteiger partial charge in [0.15, 0.2) is 0 Å². The van der Waals surface area contributed by atoms with E-state index < -0.39 is 0 Å². The Bertz CT molecular complexity index is 469. The van der Waals surface area contributed by atoms with Crippen LogP contribution >= 0.6 is 0 Å². The first-order valence-corrected chi connectivity index (χ1v) is 8.03. The van der Waals surface area contributed by atoms with Crippen LogP contribution in [0, 0.1) is 19.8 Å². The molecule has 0 aliphatic heterocycles. The van der Waals surface area contributed by atoms with E-state index in [0.717, 1.165) is 18.7 Å². The fraction of sp³-hybridized carbons (Fsp3) is 0.667. The van der Waals surface area contributed by atoms with E-state index in [1.165, 1.54) is 29.5 Å². The van der Waals surface area contributed by atoms with Gasteiger partial charge in [0.2, 0.25) is 0 Å². The minimum atomic E-state index is 0.206. The molecule has 3 heteroatoms. The van der Waals surface area contributed by atoms with E-state index in [-0.39, 0.29) is 12.1 Å². The molecular formula is C18H29NO2. The highest BCUT2D eigenvalue weighted by molar-refractivity contribution is 5.45. The van der Waals surface area contributed by atoms with Crippen molar-refractivity contribution in [1.29, 1.82) is 0 Å². The second-order valence-corrected chi connectivity index (χ2v) is 6.17. The smallest absolute Gasteiger partial charge is 0.124 e. The summed E-state index contributed by atoms with van der Waals surface area (Å²) >= 11 is 0. The highest BCUT2D eigenvalue weighted by Gasteiger charge is 2.38. The number of hydrogen-bond donors (Lipinski definition) is 1. The predicted molar refractivity (Wildman–Crippen MR) is 87.0 cm³/mol. The maximum Gasteiger partial charge on any atom is 0.124 e. The molecule has 3 nitrogen and oxygen atoms in total. The number of methoxy groups -OCH3 is 2. The molecule has 0 amide bonds. The molecular weight excluding hydrogens is 262 g/mol.